The summed E-state index contributed by atoms with van der Waals surface area (Å²) in [6, 6.07) is 0. The van der Waals surface area contributed by atoms with Gasteiger partial charge in [0.15, 0.2) is 11.6 Å². The van der Waals surface area contributed by atoms with E-state index in [-0.39, 0.29) is 6.61 Å². The van der Waals surface area contributed by atoms with Crippen LogP contribution < -0.4 is 0 Å². The molecule has 2 fully saturated rings. The maximum absolute atomic E-state index is 10.4. The lowest BCUT2D eigenvalue weighted by molar-refractivity contribution is -0.178. The van der Waals surface area contributed by atoms with E-state index in [1.165, 1.54) is 6.21 Å². The number of rotatable bonds is 3. The number of hydrogen-bond donors (Lipinski definition) is 2. The van der Waals surface area contributed by atoms with E-state index < -0.39 is 36.0 Å². The summed E-state index contributed by atoms with van der Waals surface area (Å²) in [5.41, 5.74) is 0. The van der Waals surface area contributed by atoms with E-state index in [1.54, 1.807) is 27.7 Å². The van der Waals surface area contributed by atoms with E-state index in [9.17, 15) is 5.11 Å². The average Bonchev–Trinajstić information content (AvgIpc) is 2.78. The van der Waals surface area contributed by atoms with Crippen molar-refractivity contribution in [3.63, 3.8) is 0 Å². The Morgan fingerprint density at radius 3 is 2.37 bits per heavy atom. The van der Waals surface area contributed by atoms with E-state index in [4.69, 9.17) is 24.2 Å². The van der Waals surface area contributed by atoms with Crippen molar-refractivity contribution in [2.75, 3.05) is 6.61 Å². The molecule has 0 spiro atoms. The summed E-state index contributed by atoms with van der Waals surface area (Å²) in [7, 11) is 0. The SMILES string of the molecule is CC1(C)O[C@H]([C@@H](O)[C@H]2COC(C)(C)O2)[C@H](C=NO)O1. The molecule has 110 valence electrons. The predicted octanol–water partition coefficient (Wildman–Crippen LogP) is 0.479. The molecule has 2 aliphatic heterocycles. The lowest BCUT2D eigenvalue weighted by Gasteiger charge is -2.25. The van der Waals surface area contributed by atoms with Gasteiger partial charge in [0.2, 0.25) is 0 Å². The summed E-state index contributed by atoms with van der Waals surface area (Å²) < 4.78 is 22.2. The van der Waals surface area contributed by atoms with Crippen molar-refractivity contribution in [2.45, 2.75) is 63.7 Å². The van der Waals surface area contributed by atoms with Gasteiger partial charge in [0.05, 0.1) is 12.8 Å². The quantitative estimate of drug-likeness (QED) is 0.442. The van der Waals surface area contributed by atoms with Gasteiger partial charge in [-0.05, 0) is 27.7 Å². The van der Waals surface area contributed by atoms with Gasteiger partial charge < -0.3 is 29.3 Å². The highest BCUT2D eigenvalue weighted by molar-refractivity contribution is 5.64. The monoisotopic (exact) mass is 275 g/mol. The van der Waals surface area contributed by atoms with Gasteiger partial charge in [-0.2, -0.15) is 0 Å². The third kappa shape index (κ3) is 3.24. The lowest BCUT2D eigenvalue weighted by atomic mass is 10.0. The number of ether oxygens (including phenoxy) is 4. The third-order valence-corrected chi connectivity index (χ3v) is 3.13. The molecule has 2 rings (SSSR count). The highest BCUT2D eigenvalue weighted by Gasteiger charge is 2.49. The molecule has 0 amide bonds. The van der Waals surface area contributed by atoms with Crippen LogP contribution in [0.3, 0.4) is 0 Å². The Balaban J connectivity index is 2.07. The number of aliphatic hydroxyl groups is 1. The zero-order valence-corrected chi connectivity index (χ0v) is 11.6. The first kappa shape index (κ1) is 14.7. The smallest absolute Gasteiger partial charge is 0.164 e. The Hall–Kier alpha value is -0.730. The first-order chi connectivity index (χ1) is 8.74. The summed E-state index contributed by atoms with van der Waals surface area (Å²) in [5, 5.41) is 22.0. The summed E-state index contributed by atoms with van der Waals surface area (Å²) >= 11 is 0. The largest absolute Gasteiger partial charge is 0.411 e. The maximum Gasteiger partial charge on any atom is 0.164 e. The van der Waals surface area contributed by atoms with Crippen molar-refractivity contribution < 1.29 is 29.3 Å². The van der Waals surface area contributed by atoms with E-state index in [1.807, 2.05) is 0 Å². The molecule has 0 aromatic rings. The Bertz CT molecular complexity index is 356. The van der Waals surface area contributed by atoms with Gasteiger partial charge in [-0.1, -0.05) is 5.16 Å². The normalized spacial score (nSPS) is 38.9. The zero-order valence-electron chi connectivity index (χ0n) is 11.6. The fourth-order valence-corrected chi connectivity index (χ4v) is 2.36. The topological polar surface area (TPSA) is 89.7 Å². The van der Waals surface area contributed by atoms with Gasteiger partial charge in [-0.25, -0.2) is 0 Å². The molecule has 2 heterocycles. The van der Waals surface area contributed by atoms with Crippen molar-refractivity contribution in [2.24, 2.45) is 5.16 Å². The highest BCUT2D eigenvalue weighted by atomic mass is 16.8. The third-order valence-electron chi connectivity index (χ3n) is 3.13. The van der Waals surface area contributed by atoms with Crippen molar-refractivity contribution in [3.8, 4) is 0 Å². The fraction of sp³-hybridized carbons (Fsp3) is 0.917. The Labute approximate surface area is 112 Å². The van der Waals surface area contributed by atoms with E-state index in [2.05, 4.69) is 5.16 Å². The second-order valence-electron chi connectivity index (χ2n) is 5.69. The van der Waals surface area contributed by atoms with Crippen molar-refractivity contribution in [3.05, 3.63) is 0 Å². The van der Waals surface area contributed by atoms with Crippen LogP contribution in [0.15, 0.2) is 5.16 Å². The molecule has 7 nitrogen and oxygen atoms in total. The zero-order chi connectivity index (χ0) is 14.3. The Morgan fingerprint density at radius 1 is 1.16 bits per heavy atom. The number of oxime groups is 1. The summed E-state index contributed by atoms with van der Waals surface area (Å²) in [6.45, 7) is 7.30. The molecule has 0 bridgehead atoms. The average molecular weight is 275 g/mol. The fourth-order valence-electron chi connectivity index (χ4n) is 2.36. The van der Waals surface area contributed by atoms with E-state index >= 15 is 0 Å². The Morgan fingerprint density at radius 2 is 1.84 bits per heavy atom. The van der Waals surface area contributed by atoms with Crippen LogP contribution in [0.2, 0.25) is 0 Å². The van der Waals surface area contributed by atoms with Crippen molar-refractivity contribution in [1.82, 2.24) is 0 Å². The lowest BCUT2D eigenvalue weighted by Crippen LogP contribution is -2.45. The maximum atomic E-state index is 10.4. The molecular weight excluding hydrogens is 254 g/mol. The molecule has 0 aliphatic carbocycles. The molecule has 0 aromatic carbocycles. The minimum absolute atomic E-state index is 0.275. The van der Waals surface area contributed by atoms with E-state index in [0.29, 0.717) is 0 Å². The number of nitrogens with zero attached hydrogens (tertiary/aromatic N) is 1. The standard InChI is InChI=1S/C12H21NO6/c1-11(2)16-6-8(18-11)9(14)10-7(5-13-15)17-12(3,4)19-10/h5,7-10,14-15H,6H2,1-4H3/t7-,8+,9-,10-/m0/s1. The van der Waals surface area contributed by atoms with Crippen LogP contribution >= 0.6 is 0 Å². The molecular formula is C12H21NO6. The van der Waals surface area contributed by atoms with Crippen LogP contribution in [0.4, 0.5) is 0 Å². The van der Waals surface area contributed by atoms with Crippen LogP contribution in [0.1, 0.15) is 27.7 Å². The number of hydrogen-bond acceptors (Lipinski definition) is 7. The first-order valence-corrected chi connectivity index (χ1v) is 6.27. The summed E-state index contributed by atoms with van der Waals surface area (Å²) in [6.07, 6.45) is -1.56. The van der Waals surface area contributed by atoms with Gasteiger partial charge >= 0.3 is 0 Å². The van der Waals surface area contributed by atoms with Gasteiger partial charge in [0, 0.05) is 0 Å². The molecule has 4 atom stereocenters. The first-order valence-electron chi connectivity index (χ1n) is 6.27. The summed E-state index contributed by atoms with van der Waals surface area (Å²) in [4.78, 5) is 0. The minimum atomic E-state index is -0.938. The highest BCUT2D eigenvalue weighted by Crippen LogP contribution is 2.33. The molecule has 2 saturated heterocycles. The van der Waals surface area contributed by atoms with Crippen LogP contribution in [-0.4, -0.2) is 59.1 Å². The van der Waals surface area contributed by atoms with Crippen LogP contribution in [-0.2, 0) is 18.9 Å². The Kier molecular flexibility index (Phi) is 3.85. The van der Waals surface area contributed by atoms with Crippen molar-refractivity contribution in [1.29, 1.82) is 0 Å². The molecule has 0 radical (unpaired) electrons. The van der Waals surface area contributed by atoms with Gasteiger partial charge in [0.25, 0.3) is 0 Å². The molecule has 2 N–H and O–H groups in total. The van der Waals surface area contributed by atoms with Crippen molar-refractivity contribution >= 4 is 6.21 Å². The van der Waals surface area contributed by atoms with Crippen LogP contribution in [0.25, 0.3) is 0 Å². The van der Waals surface area contributed by atoms with Crippen LogP contribution in [0, 0.1) is 0 Å². The van der Waals surface area contributed by atoms with Gasteiger partial charge in [-0.3, -0.25) is 0 Å². The summed E-state index contributed by atoms with van der Waals surface area (Å²) in [5.74, 6) is -1.58. The molecule has 0 unspecified atom stereocenters. The molecule has 2 aliphatic rings. The van der Waals surface area contributed by atoms with E-state index in [0.717, 1.165) is 0 Å². The van der Waals surface area contributed by atoms with Gasteiger partial charge in [-0.15, -0.1) is 0 Å². The minimum Gasteiger partial charge on any atom is -0.411 e. The van der Waals surface area contributed by atoms with Crippen LogP contribution in [0.5, 0.6) is 0 Å². The molecule has 0 saturated carbocycles. The number of aliphatic hydroxyl groups excluding tert-OH is 1. The molecule has 7 heteroatoms. The second kappa shape index (κ2) is 4.99. The molecule has 0 aromatic heterocycles. The predicted molar refractivity (Wildman–Crippen MR) is 65.0 cm³/mol. The van der Waals surface area contributed by atoms with Gasteiger partial charge in [0.1, 0.15) is 24.4 Å². The molecule has 19 heavy (non-hydrogen) atoms. The second-order valence-corrected chi connectivity index (χ2v) is 5.69.